The Bertz CT molecular complexity index is 1140. The molecule has 156 valence electrons. The van der Waals surface area contributed by atoms with E-state index in [4.69, 9.17) is 4.74 Å². The molecule has 0 spiro atoms. The topological polar surface area (TPSA) is 84.5 Å². The molecule has 3 rings (SSSR count). The molecule has 0 heterocycles. The van der Waals surface area contributed by atoms with E-state index in [2.05, 4.69) is 10.0 Å². The van der Waals surface area contributed by atoms with Crippen molar-refractivity contribution in [1.82, 2.24) is 0 Å². The summed E-state index contributed by atoms with van der Waals surface area (Å²) in [5.41, 5.74) is 3.73. The predicted octanol–water partition coefficient (Wildman–Crippen LogP) is 4.29. The van der Waals surface area contributed by atoms with E-state index in [-0.39, 0.29) is 17.2 Å². The van der Waals surface area contributed by atoms with Crippen molar-refractivity contribution in [2.45, 2.75) is 25.2 Å². The molecule has 1 amide bonds. The summed E-state index contributed by atoms with van der Waals surface area (Å²) in [7, 11) is -2.14. The lowest BCUT2D eigenvalue weighted by molar-refractivity contribution is -0.115. The number of carbonyl (C=O) groups excluding carboxylic acids is 1. The van der Waals surface area contributed by atoms with Gasteiger partial charge in [0.1, 0.15) is 5.75 Å². The Morgan fingerprint density at radius 1 is 0.933 bits per heavy atom. The molecule has 0 fully saturated rings. The van der Waals surface area contributed by atoms with Gasteiger partial charge in [0.05, 0.1) is 24.1 Å². The number of anilines is 2. The molecule has 0 unspecified atom stereocenters. The Kier molecular flexibility index (Phi) is 6.42. The summed E-state index contributed by atoms with van der Waals surface area (Å²) in [6.07, 6.45) is 0.207. The van der Waals surface area contributed by atoms with Crippen LogP contribution in [0, 0.1) is 13.8 Å². The van der Waals surface area contributed by atoms with Crippen LogP contribution in [0.1, 0.15) is 16.7 Å². The summed E-state index contributed by atoms with van der Waals surface area (Å²) in [6, 6.07) is 18.9. The molecule has 0 aliphatic carbocycles. The van der Waals surface area contributed by atoms with E-state index in [9.17, 15) is 13.2 Å². The standard InChI is InChI=1S/C23H24N2O4S/c1-16-4-5-17(2)22(14-16)25-30(27,28)21-12-8-19(9-13-21)24-23(26)15-18-6-10-20(29-3)11-7-18/h4-14,25H,15H2,1-3H3,(H,24,26). The summed E-state index contributed by atoms with van der Waals surface area (Å²) in [6.45, 7) is 3.75. The van der Waals surface area contributed by atoms with Crippen LogP contribution in [0.25, 0.3) is 0 Å². The first kappa shape index (κ1) is 21.4. The van der Waals surface area contributed by atoms with Crippen molar-refractivity contribution in [3.63, 3.8) is 0 Å². The minimum Gasteiger partial charge on any atom is -0.497 e. The van der Waals surface area contributed by atoms with E-state index in [0.29, 0.717) is 11.4 Å². The van der Waals surface area contributed by atoms with Crippen LogP contribution in [0.15, 0.2) is 71.6 Å². The summed E-state index contributed by atoms with van der Waals surface area (Å²) < 4.78 is 33.1. The lowest BCUT2D eigenvalue weighted by Crippen LogP contribution is -2.15. The number of hydrogen-bond acceptors (Lipinski definition) is 4. The van der Waals surface area contributed by atoms with E-state index in [0.717, 1.165) is 22.4 Å². The summed E-state index contributed by atoms with van der Waals surface area (Å²) in [4.78, 5) is 12.4. The monoisotopic (exact) mass is 424 g/mol. The Morgan fingerprint density at radius 3 is 2.23 bits per heavy atom. The van der Waals surface area contributed by atoms with Gasteiger partial charge in [-0.15, -0.1) is 0 Å². The summed E-state index contributed by atoms with van der Waals surface area (Å²) in [5, 5.41) is 2.78. The van der Waals surface area contributed by atoms with Crippen LogP contribution < -0.4 is 14.8 Å². The highest BCUT2D eigenvalue weighted by Crippen LogP contribution is 2.22. The van der Waals surface area contributed by atoms with Gasteiger partial charge in [0.2, 0.25) is 5.91 Å². The first-order chi connectivity index (χ1) is 14.3. The predicted molar refractivity (Wildman–Crippen MR) is 118 cm³/mol. The van der Waals surface area contributed by atoms with Gasteiger partial charge in [0.25, 0.3) is 10.0 Å². The zero-order valence-corrected chi connectivity index (χ0v) is 17.9. The SMILES string of the molecule is COc1ccc(CC(=O)Nc2ccc(S(=O)(=O)Nc3cc(C)ccc3C)cc2)cc1. The van der Waals surface area contributed by atoms with Gasteiger partial charge in [0.15, 0.2) is 0 Å². The number of nitrogens with one attached hydrogen (secondary N) is 2. The van der Waals surface area contributed by atoms with Crippen molar-refractivity contribution >= 4 is 27.3 Å². The van der Waals surface area contributed by atoms with Gasteiger partial charge in [-0.25, -0.2) is 8.42 Å². The molecule has 6 nitrogen and oxygen atoms in total. The Labute approximate surface area is 177 Å². The van der Waals surface area contributed by atoms with Crippen LogP contribution in [0.3, 0.4) is 0 Å². The third-order valence-corrected chi connectivity index (χ3v) is 5.99. The first-order valence-electron chi connectivity index (χ1n) is 9.40. The van der Waals surface area contributed by atoms with Gasteiger partial charge in [-0.1, -0.05) is 24.3 Å². The molecule has 0 atom stereocenters. The maximum absolute atomic E-state index is 12.7. The average molecular weight is 425 g/mol. The molecule has 0 radical (unpaired) electrons. The van der Waals surface area contributed by atoms with Crippen molar-refractivity contribution < 1.29 is 17.9 Å². The summed E-state index contributed by atoms with van der Waals surface area (Å²) in [5.74, 6) is 0.537. The van der Waals surface area contributed by atoms with E-state index in [1.807, 2.05) is 38.1 Å². The van der Waals surface area contributed by atoms with Crippen LogP contribution in [-0.2, 0) is 21.2 Å². The second-order valence-corrected chi connectivity index (χ2v) is 8.70. The lowest BCUT2D eigenvalue weighted by atomic mass is 10.1. The van der Waals surface area contributed by atoms with Gasteiger partial charge < -0.3 is 10.1 Å². The summed E-state index contributed by atoms with van der Waals surface area (Å²) >= 11 is 0. The third-order valence-electron chi connectivity index (χ3n) is 4.61. The molecule has 3 aromatic carbocycles. The fourth-order valence-corrected chi connectivity index (χ4v) is 4.02. The number of amides is 1. The zero-order chi connectivity index (χ0) is 21.7. The van der Waals surface area contributed by atoms with Crippen molar-refractivity contribution in [2.75, 3.05) is 17.1 Å². The molecular weight excluding hydrogens is 400 g/mol. The van der Waals surface area contributed by atoms with Crippen molar-refractivity contribution in [1.29, 1.82) is 0 Å². The number of methoxy groups -OCH3 is 1. The number of rotatable bonds is 7. The zero-order valence-electron chi connectivity index (χ0n) is 17.1. The van der Waals surface area contributed by atoms with Crippen LogP contribution in [0.2, 0.25) is 0 Å². The first-order valence-corrected chi connectivity index (χ1v) is 10.9. The van der Waals surface area contributed by atoms with Crippen LogP contribution >= 0.6 is 0 Å². The Hall–Kier alpha value is -3.32. The fourth-order valence-electron chi connectivity index (χ4n) is 2.90. The lowest BCUT2D eigenvalue weighted by Gasteiger charge is -2.12. The quantitative estimate of drug-likeness (QED) is 0.592. The molecule has 0 saturated heterocycles. The van der Waals surface area contributed by atoms with Crippen LogP contribution in [0.5, 0.6) is 5.75 Å². The van der Waals surface area contributed by atoms with Gasteiger partial charge >= 0.3 is 0 Å². The van der Waals surface area contributed by atoms with Crippen LogP contribution in [-0.4, -0.2) is 21.4 Å². The average Bonchev–Trinajstić information content (AvgIpc) is 2.71. The fraction of sp³-hybridized carbons (Fsp3) is 0.174. The molecule has 7 heteroatoms. The van der Waals surface area contributed by atoms with E-state index in [1.54, 1.807) is 37.4 Å². The highest BCUT2D eigenvalue weighted by atomic mass is 32.2. The van der Waals surface area contributed by atoms with Crippen molar-refractivity contribution in [3.05, 3.63) is 83.4 Å². The molecule has 0 saturated carbocycles. The Balaban J connectivity index is 1.66. The largest absolute Gasteiger partial charge is 0.497 e. The molecule has 0 aromatic heterocycles. The third kappa shape index (κ3) is 5.39. The molecule has 0 bridgehead atoms. The van der Waals surface area contributed by atoms with Crippen molar-refractivity contribution in [2.24, 2.45) is 0 Å². The van der Waals surface area contributed by atoms with Crippen molar-refractivity contribution in [3.8, 4) is 5.75 Å². The number of hydrogen-bond donors (Lipinski definition) is 2. The normalized spacial score (nSPS) is 11.0. The number of carbonyl (C=O) groups is 1. The molecule has 3 aromatic rings. The van der Waals surface area contributed by atoms with Gasteiger partial charge in [-0.3, -0.25) is 9.52 Å². The number of sulfonamides is 1. The molecule has 0 aliphatic rings. The molecule has 30 heavy (non-hydrogen) atoms. The van der Waals surface area contributed by atoms with Gasteiger partial charge in [-0.2, -0.15) is 0 Å². The van der Waals surface area contributed by atoms with Gasteiger partial charge in [0, 0.05) is 5.69 Å². The minimum absolute atomic E-state index is 0.122. The van der Waals surface area contributed by atoms with E-state index < -0.39 is 10.0 Å². The highest BCUT2D eigenvalue weighted by molar-refractivity contribution is 7.92. The Morgan fingerprint density at radius 2 is 1.60 bits per heavy atom. The molecule has 2 N–H and O–H groups in total. The smallest absolute Gasteiger partial charge is 0.261 e. The second kappa shape index (κ2) is 9.00. The maximum Gasteiger partial charge on any atom is 0.261 e. The van der Waals surface area contributed by atoms with Gasteiger partial charge in [-0.05, 0) is 73.0 Å². The second-order valence-electron chi connectivity index (χ2n) is 7.02. The van der Waals surface area contributed by atoms with Crippen LogP contribution in [0.4, 0.5) is 11.4 Å². The molecular formula is C23H24N2O4S. The number of ether oxygens (including phenoxy) is 1. The minimum atomic E-state index is -3.73. The van der Waals surface area contributed by atoms with E-state index >= 15 is 0 Å². The number of aryl methyl sites for hydroxylation is 2. The number of benzene rings is 3. The highest BCUT2D eigenvalue weighted by Gasteiger charge is 2.15. The molecule has 0 aliphatic heterocycles. The van der Waals surface area contributed by atoms with E-state index in [1.165, 1.54) is 12.1 Å². The maximum atomic E-state index is 12.7.